The van der Waals surface area contributed by atoms with Gasteiger partial charge in [-0.05, 0) is 106 Å². The Balaban J connectivity index is 1.60. The first-order valence-corrected chi connectivity index (χ1v) is 12.5. The molecule has 0 heterocycles. The Morgan fingerprint density at radius 2 is 0.778 bits per heavy atom. The van der Waals surface area contributed by atoms with Crippen LogP contribution in [0.4, 0.5) is 0 Å². The molecule has 0 bridgehead atoms. The van der Waals surface area contributed by atoms with Gasteiger partial charge in [-0.2, -0.15) is 0 Å². The van der Waals surface area contributed by atoms with Gasteiger partial charge in [0.2, 0.25) is 0 Å². The van der Waals surface area contributed by atoms with Gasteiger partial charge in [0.1, 0.15) is 0 Å². The summed E-state index contributed by atoms with van der Waals surface area (Å²) >= 11 is 0. The van der Waals surface area contributed by atoms with Crippen LogP contribution in [-0.2, 0) is 0 Å². The molecule has 0 amide bonds. The molecule has 0 heteroatoms. The third kappa shape index (κ3) is 2.82. The van der Waals surface area contributed by atoms with E-state index in [1.165, 1.54) is 75.8 Å². The van der Waals surface area contributed by atoms with Crippen LogP contribution >= 0.6 is 0 Å². The fourth-order valence-electron chi connectivity index (χ4n) is 6.06. The van der Waals surface area contributed by atoms with Crippen LogP contribution in [0.3, 0.4) is 0 Å². The number of benzene rings is 8. The fourth-order valence-corrected chi connectivity index (χ4v) is 6.06. The second-order valence-electron chi connectivity index (χ2n) is 9.78. The predicted molar refractivity (Wildman–Crippen MR) is 157 cm³/mol. The average Bonchev–Trinajstić information content (AvgIpc) is 2.93. The van der Waals surface area contributed by atoms with E-state index in [2.05, 4.69) is 133 Å². The van der Waals surface area contributed by atoms with Crippen molar-refractivity contribution in [2.75, 3.05) is 0 Å². The Morgan fingerprint density at radius 3 is 1.53 bits per heavy atom. The standard InChI is InChI=1S/C36H22/c1-3-10-26-21-33-29(18-24(26)8-1)17-16-23-13-7-15-32(35(23)33)36-31-14-6-5-12-28(31)20-30-19-25-9-2-4-11-27(25)22-34(30)36/h1-22H. The topological polar surface area (TPSA) is 0 Å². The summed E-state index contributed by atoms with van der Waals surface area (Å²) < 4.78 is 0. The lowest BCUT2D eigenvalue weighted by atomic mass is 9.86. The maximum atomic E-state index is 2.38. The predicted octanol–water partition coefficient (Wildman–Crippen LogP) is 10.3. The molecule has 8 aromatic carbocycles. The van der Waals surface area contributed by atoms with Crippen LogP contribution in [-0.4, -0.2) is 0 Å². The molecular weight excluding hydrogens is 432 g/mol. The van der Waals surface area contributed by atoms with E-state index in [0.717, 1.165) is 0 Å². The Morgan fingerprint density at radius 1 is 0.278 bits per heavy atom. The zero-order valence-corrected chi connectivity index (χ0v) is 19.7. The normalized spacial score (nSPS) is 11.9. The molecular formula is C36H22. The van der Waals surface area contributed by atoms with Crippen LogP contribution in [0.25, 0.3) is 75.8 Å². The molecule has 0 atom stereocenters. The van der Waals surface area contributed by atoms with E-state index in [1.807, 2.05) is 0 Å². The van der Waals surface area contributed by atoms with Crippen molar-refractivity contribution in [1.82, 2.24) is 0 Å². The van der Waals surface area contributed by atoms with Gasteiger partial charge in [0.15, 0.2) is 0 Å². The molecule has 0 aliphatic carbocycles. The SMILES string of the molecule is c1ccc2cc3c(-c4cccc5ccc6cc7ccccc7cc6c45)c4ccccc4cc3cc2c1. The summed E-state index contributed by atoms with van der Waals surface area (Å²) in [6, 6.07) is 49.3. The van der Waals surface area contributed by atoms with Crippen molar-refractivity contribution in [3.8, 4) is 11.1 Å². The second-order valence-corrected chi connectivity index (χ2v) is 9.78. The molecule has 0 nitrogen and oxygen atoms in total. The summed E-state index contributed by atoms with van der Waals surface area (Å²) in [6.07, 6.45) is 0. The molecule has 0 saturated heterocycles. The van der Waals surface area contributed by atoms with E-state index >= 15 is 0 Å². The van der Waals surface area contributed by atoms with E-state index in [-0.39, 0.29) is 0 Å². The molecule has 8 aromatic rings. The Hall–Kier alpha value is -4.68. The van der Waals surface area contributed by atoms with Crippen LogP contribution in [0.15, 0.2) is 133 Å². The zero-order valence-electron chi connectivity index (χ0n) is 19.7. The van der Waals surface area contributed by atoms with Gasteiger partial charge in [-0.25, -0.2) is 0 Å². The summed E-state index contributed by atoms with van der Waals surface area (Å²) in [4.78, 5) is 0. The molecule has 0 aliphatic rings. The van der Waals surface area contributed by atoms with Gasteiger partial charge >= 0.3 is 0 Å². The minimum Gasteiger partial charge on any atom is -0.0616 e. The van der Waals surface area contributed by atoms with Gasteiger partial charge in [0.25, 0.3) is 0 Å². The zero-order chi connectivity index (χ0) is 23.6. The van der Waals surface area contributed by atoms with Crippen molar-refractivity contribution < 1.29 is 0 Å². The summed E-state index contributed by atoms with van der Waals surface area (Å²) in [7, 11) is 0. The Kier molecular flexibility index (Phi) is 4.03. The summed E-state index contributed by atoms with van der Waals surface area (Å²) in [6.45, 7) is 0. The largest absolute Gasteiger partial charge is 0.0616 e. The monoisotopic (exact) mass is 454 g/mol. The first kappa shape index (κ1) is 19.6. The Bertz CT molecular complexity index is 2140. The number of hydrogen-bond donors (Lipinski definition) is 0. The Labute approximate surface area is 209 Å². The molecule has 166 valence electrons. The van der Waals surface area contributed by atoms with E-state index in [1.54, 1.807) is 0 Å². The van der Waals surface area contributed by atoms with Crippen LogP contribution in [0, 0.1) is 0 Å². The molecule has 8 rings (SSSR count). The highest BCUT2D eigenvalue weighted by Crippen LogP contribution is 2.43. The average molecular weight is 455 g/mol. The molecule has 0 aromatic heterocycles. The molecule has 0 N–H and O–H groups in total. The highest BCUT2D eigenvalue weighted by atomic mass is 14.2. The lowest BCUT2D eigenvalue weighted by Crippen LogP contribution is -1.89. The summed E-state index contributed by atoms with van der Waals surface area (Å²) in [5, 5.41) is 15.5. The molecule has 36 heavy (non-hydrogen) atoms. The van der Waals surface area contributed by atoms with Crippen molar-refractivity contribution in [3.63, 3.8) is 0 Å². The number of hydrogen-bond acceptors (Lipinski definition) is 0. The van der Waals surface area contributed by atoms with Crippen molar-refractivity contribution in [3.05, 3.63) is 133 Å². The van der Waals surface area contributed by atoms with Crippen molar-refractivity contribution in [2.45, 2.75) is 0 Å². The van der Waals surface area contributed by atoms with E-state index in [4.69, 9.17) is 0 Å². The first-order valence-electron chi connectivity index (χ1n) is 12.5. The molecule has 0 saturated carbocycles. The fraction of sp³-hybridized carbons (Fsp3) is 0. The van der Waals surface area contributed by atoms with Gasteiger partial charge in [0.05, 0.1) is 0 Å². The van der Waals surface area contributed by atoms with Crippen LogP contribution in [0.2, 0.25) is 0 Å². The van der Waals surface area contributed by atoms with Crippen molar-refractivity contribution in [2.24, 2.45) is 0 Å². The van der Waals surface area contributed by atoms with E-state index < -0.39 is 0 Å². The maximum absolute atomic E-state index is 2.38. The van der Waals surface area contributed by atoms with Crippen molar-refractivity contribution in [1.29, 1.82) is 0 Å². The quantitative estimate of drug-likeness (QED) is 0.171. The van der Waals surface area contributed by atoms with Gasteiger partial charge in [-0.1, -0.05) is 103 Å². The van der Waals surface area contributed by atoms with Crippen LogP contribution in [0.1, 0.15) is 0 Å². The lowest BCUT2D eigenvalue weighted by molar-refractivity contribution is 1.73. The van der Waals surface area contributed by atoms with Crippen LogP contribution in [0.5, 0.6) is 0 Å². The first-order chi connectivity index (χ1) is 17.8. The van der Waals surface area contributed by atoms with Gasteiger partial charge in [0, 0.05) is 0 Å². The highest BCUT2D eigenvalue weighted by molar-refractivity contribution is 6.24. The third-order valence-corrected chi connectivity index (χ3v) is 7.72. The van der Waals surface area contributed by atoms with Gasteiger partial charge in [-0.3, -0.25) is 0 Å². The minimum atomic E-state index is 1.28. The molecule has 0 unspecified atom stereocenters. The number of fused-ring (bicyclic) bond motifs is 7. The highest BCUT2D eigenvalue weighted by Gasteiger charge is 2.15. The van der Waals surface area contributed by atoms with Gasteiger partial charge in [-0.15, -0.1) is 0 Å². The number of rotatable bonds is 1. The van der Waals surface area contributed by atoms with Crippen molar-refractivity contribution >= 4 is 64.6 Å². The lowest BCUT2D eigenvalue weighted by Gasteiger charge is -2.17. The maximum Gasteiger partial charge on any atom is -0.00201 e. The molecule has 0 radical (unpaired) electrons. The second kappa shape index (κ2) is 7.41. The van der Waals surface area contributed by atoms with Crippen LogP contribution < -0.4 is 0 Å². The molecule has 0 fully saturated rings. The van der Waals surface area contributed by atoms with E-state index in [0.29, 0.717) is 0 Å². The third-order valence-electron chi connectivity index (χ3n) is 7.72. The summed E-state index contributed by atoms with van der Waals surface area (Å²) in [5.74, 6) is 0. The molecule has 0 spiro atoms. The van der Waals surface area contributed by atoms with E-state index in [9.17, 15) is 0 Å². The minimum absolute atomic E-state index is 1.28. The summed E-state index contributed by atoms with van der Waals surface area (Å²) in [5.41, 5.74) is 2.62. The smallest absolute Gasteiger partial charge is 0.00201 e. The molecule has 0 aliphatic heterocycles. The van der Waals surface area contributed by atoms with Gasteiger partial charge < -0.3 is 0 Å².